The SMILES string of the molecule is Cc1ccc(C(C)C)c(OCC(=O)N2CCCC2c2nc3ccccc3[nH]2)c1. The van der Waals surface area contributed by atoms with Gasteiger partial charge in [0, 0.05) is 6.54 Å². The first-order chi connectivity index (χ1) is 13.5. The van der Waals surface area contributed by atoms with Crippen LogP contribution in [-0.4, -0.2) is 33.9 Å². The summed E-state index contributed by atoms with van der Waals surface area (Å²) in [4.78, 5) is 22.9. The number of hydrogen-bond donors (Lipinski definition) is 1. The Labute approximate surface area is 165 Å². The molecule has 1 amide bonds. The van der Waals surface area contributed by atoms with Gasteiger partial charge < -0.3 is 14.6 Å². The van der Waals surface area contributed by atoms with Crippen molar-refractivity contribution in [1.29, 1.82) is 0 Å². The lowest BCUT2D eigenvalue weighted by molar-refractivity contribution is -0.134. The van der Waals surface area contributed by atoms with E-state index in [0.29, 0.717) is 5.92 Å². The summed E-state index contributed by atoms with van der Waals surface area (Å²) in [5.41, 5.74) is 4.21. The zero-order chi connectivity index (χ0) is 19.7. The van der Waals surface area contributed by atoms with Crippen LogP contribution >= 0.6 is 0 Å². The molecule has 1 unspecified atom stereocenters. The maximum absolute atomic E-state index is 12.9. The van der Waals surface area contributed by atoms with E-state index in [1.54, 1.807) is 0 Å². The molecule has 1 fully saturated rings. The van der Waals surface area contributed by atoms with Crippen LogP contribution in [0.25, 0.3) is 11.0 Å². The molecule has 5 nitrogen and oxygen atoms in total. The van der Waals surface area contributed by atoms with Crippen molar-refractivity contribution in [2.24, 2.45) is 0 Å². The lowest BCUT2D eigenvalue weighted by atomic mass is 10.0. The van der Waals surface area contributed by atoms with E-state index in [1.807, 2.05) is 42.2 Å². The molecule has 146 valence electrons. The summed E-state index contributed by atoms with van der Waals surface area (Å²) in [5.74, 6) is 2.04. The monoisotopic (exact) mass is 377 g/mol. The highest BCUT2D eigenvalue weighted by molar-refractivity contribution is 5.79. The number of ether oxygens (including phenoxy) is 1. The number of fused-ring (bicyclic) bond motifs is 1. The summed E-state index contributed by atoms with van der Waals surface area (Å²) >= 11 is 0. The van der Waals surface area contributed by atoms with Crippen molar-refractivity contribution in [3.05, 3.63) is 59.4 Å². The van der Waals surface area contributed by atoms with Crippen molar-refractivity contribution in [1.82, 2.24) is 14.9 Å². The molecule has 3 aromatic rings. The van der Waals surface area contributed by atoms with E-state index in [9.17, 15) is 4.79 Å². The minimum atomic E-state index is -0.00872. The normalized spacial score (nSPS) is 16.9. The highest BCUT2D eigenvalue weighted by Gasteiger charge is 2.32. The highest BCUT2D eigenvalue weighted by Crippen LogP contribution is 2.32. The Morgan fingerprint density at radius 1 is 1.29 bits per heavy atom. The predicted molar refractivity (Wildman–Crippen MR) is 111 cm³/mol. The first-order valence-corrected chi connectivity index (χ1v) is 10.0. The fourth-order valence-electron chi connectivity index (χ4n) is 3.95. The molecule has 0 radical (unpaired) electrons. The first-order valence-electron chi connectivity index (χ1n) is 10.0. The number of carbonyl (C=O) groups is 1. The number of H-pyrrole nitrogens is 1. The Morgan fingerprint density at radius 2 is 2.11 bits per heavy atom. The third-order valence-corrected chi connectivity index (χ3v) is 5.44. The van der Waals surface area contributed by atoms with Crippen molar-refractivity contribution in [2.75, 3.05) is 13.2 Å². The van der Waals surface area contributed by atoms with Crippen LogP contribution in [0.4, 0.5) is 0 Å². The largest absolute Gasteiger partial charge is 0.483 e. The van der Waals surface area contributed by atoms with Crippen LogP contribution in [0.1, 0.15) is 55.6 Å². The van der Waals surface area contributed by atoms with Gasteiger partial charge in [0.25, 0.3) is 5.91 Å². The van der Waals surface area contributed by atoms with Crippen molar-refractivity contribution in [2.45, 2.75) is 45.6 Å². The van der Waals surface area contributed by atoms with Crippen LogP contribution < -0.4 is 4.74 Å². The van der Waals surface area contributed by atoms with Gasteiger partial charge in [-0.1, -0.05) is 38.1 Å². The molecule has 1 aliphatic heterocycles. The van der Waals surface area contributed by atoms with Gasteiger partial charge in [-0.3, -0.25) is 4.79 Å². The van der Waals surface area contributed by atoms with Gasteiger partial charge in [-0.15, -0.1) is 0 Å². The number of likely N-dealkylation sites (tertiary alicyclic amines) is 1. The smallest absolute Gasteiger partial charge is 0.261 e. The zero-order valence-corrected chi connectivity index (χ0v) is 16.7. The molecule has 1 atom stereocenters. The van der Waals surface area contributed by atoms with E-state index in [-0.39, 0.29) is 18.6 Å². The van der Waals surface area contributed by atoms with Crippen LogP contribution in [-0.2, 0) is 4.79 Å². The van der Waals surface area contributed by atoms with Crippen molar-refractivity contribution in [3.8, 4) is 5.75 Å². The molecular weight excluding hydrogens is 350 g/mol. The van der Waals surface area contributed by atoms with Crippen molar-refractivity contribution >= 4 is 16.9 Å². The van der Waals surface area contributed by atoms with Crippen molar-refractivity contribution in [3.63, 3.8) is 0 Å². The molecule has 2 heterocycles. The molecule has 0 spiro atoms. The minimum Gasteiger partial charge on any atom is -0.483 e. The number of hydrogen-bond acceptors (Lipinski definition) is 3. The number of aryl methyl sites for hydroxylation is 1. The fourth-order valence-corrected chi connectivity index (χ4v) is 3.95. The van der Waals surface area contributed by atoms with Gasteiger partial charge in [-0.25, -0.2) is 4.98 Å². The molecule has 1 aromatic heterocycles. The number of aromatic nitrogens is 2. The van der Waals surface area contributed by atoms with Gasteiger partial charge in [-0.05, 0) is 55.0 Å². The van der Waals surface area contributed by atoms with Crippen LogP contribution in [0.15, 0.2) is 42.5 Å². The van der Waals surface area contributed by atoms with E-state index in [2.05, 4.69) is 31.0 Å². The molecule has 5 heteroatoms. The maximum atomic E-state index is 12.9. The highest BCUT2D eigenvalue weighted by atomic mass is 16.5. The number of benzene rings is 2. The van der Waals surface area contributed by atoms with Gasteiger partial charge in [0.2, 0.25) is 0 Å². The van der Waals surface area contributed by atoms with Gasteiger partial charge >= 0.3 is 0 Å². The van der Waals surface area contributed by atoms with E-state index < -0.39 is 0 Å². The van der Waals surface area contributed by atoms with Gasteiger partial charge in [-0.2, -0.15) is 0 Å². The number of nitrogens with one attached hydrogen (secondary N) is 1. The lowest BCUT2D eigenvalue weighted by Crippen LogP contribution is -2.35. The number of carbonyl (C=O) groups excluding carboxylic acids is 1. The molecule has 0 aliphatic carbocycles. The van der Waals surface area contributed by atoms with Crippen LogP contribution in [0, 0.1) is 6.92 Å². The van der Waals surface area contributed by atoms with Crippen LogP contribution in [0.3, 0.4) is 0 Å². The number of para-hydroxylation sites is 2. The third kappa shape index (κ3) is 3.61. The molecule has 2 aromatic carbocycles. The fraction of sp³-hybridized carbons (Fsp3) is 0.391. The van der Waals surface area contributed by atoms with E-state index >= 15 is 0 Å². The molecule has 1 saturated heterocycles. The Bertz CT molecular complexity index is 959. The van der Waals surface area contributed by atoms with Gasteiger partial charge in [0.15, 0.2) is 6.61 Å². The summed E-state index contributed by atoms with van der Waals surface area (Å²) in [6, 6.07) is 14.2. The summed E-state index contributed by atoms with van der Waals surface area (Å²) < 4.78 is 5.97. The van der Waals surface area contributed by atoms with E-state index in [1.165, 1.54) is 0 Å². The molecule has 1 aliphatic rings. The number of rotatable bonds is 5. The molecule has 4 rings (SSSR count). The third-order valence-electron chi connectivity index (χ3n) is 5.44. The Kier molecular flexibility index (Phi) is 5.07. The molecule has 1 N–H and O–H groups in total. The second kappa shape index (κ2) is 7.66. The quantitative estimate of drug-likeness (QED) is 0.699. The first kappa shape index (κ1) is 18.5. The second-order valence-corrected chi connectivity index (χ2v) is 7.87. The average molecular weight is 377 g/mol. The Hall–Kier alpha value is -2.82. The van der Waals surface area contributed by atoms with E-state index in [0.717, 1.165) is 53.1 Å². The lowest BCUT2D eigenvalue weighted by Gasteiger charge is -2.24. The molecule has 0 saturated carbocycles. The standard InChI is InChI=1S/C23H27N3O2/c1-15(2)17-11-10-16(3)13-21(17)28-14-22(27)26-12-6-9-20(26)23-24-18-7-4-5-8-19(18)25-23/h4-5,7-8,10-11,13,15,20H,6,9,12,14H2,1-3H3,(H,24,25). The number of imidazole rings is 1. The minimum absolute atomic E-state index is 0.00872. The van der Waals surface area contributed by atoms with E-state index in [4.69, 9.17) is 9.72 Å². The summed E-state index contributed by atoms with van der Waals surface area (Å²) in [6.07, 6.45) is 1.91. The number of aromatic amines is 1. The molecule has 0 bridgehead atoms. The van der Waals surface area contributed by atoms with Gasteiger partial charge in [0.05, 0.1) is 17.1 Å². The number of nitrogens with zero attached hydrogens (tertiary/aromatic N) is 2. The van der Waals surface area contributed by atoms with Crippen LogP contribution in [0.5, 0.6) is 5.75 Å². The Balaban J connectivity index is 1.49. The van der Waals surface area contributed by atoms with Gasteiger partial charge in [0.1, 0.15) is 11.6 Å². The van der Waals surface area contributed by atoms with Crippen LogP contribution in [0.2, 0.25) is 0 Å². The summed E-state index contributed by atoms with van der Waals surface area (Å²) in [7, 11) is 0. The van der Waals surface area contributed by atoms with Crippen molar-refractivity contribution < 1.29 is 9.53 Å². The maximum Gasteiger partial charge on any atom is 0.261 e. The Morgan fingerprint density at radius 3 is 2.89 bits per heavy atom. The number of amides is 1. The molecular formula is C23H27N3O2. The topological polar surface area (TPSA) is 58.2 Å². The summed E-state index contributed by atoms with van der Waals surface area (Å²) in [6.45, 7) is 7.11. The average Bonchev–Trinajstić information content (AvgIpc) is 3.32. The molecule has 28 heavy (non-hydrogen) atoms. The predicted octanol–water partition coefficient (Wildman–Crippen LogP) is 4.74. The summed E-state index contributed by atoms with van der Waals surface area (Å²) in [5, 5.41) is 0. The zero-order valence-electron chi connectivity index (χ0n) is 16.7. The second-order valence-electron chi connectivity index (χ2n) is 7.87.